The molecule has 5 fully saturated rings. The molecule has 1 N–H and O–H groups in total. The van der Waals surface area contributed by atoms with Crippen molar-refractivity contribution >= 4 is 5.97 Å². The summed E-state index contributed by atoms with van der Waals surface area (Å²) in [5.41, 5.74) is 0. The summed E-state index contributed by atoms with van der Waals surface area (Å²) < 4.78 is 0. The molecule has 5 rings (SSSR count). The first-order valence-corrected chi connectivity index (χ1v) is 7.93. The summed E-state index contributed by atoms with van der Waals surface area (Å²) in [6.45, 7) is 0. The van der Waals surface area contributed by atoms with Gasteiger partial charge in [-0.1, -0.05) is 0 Å². The SMILES string of the molecule is O=C(O)C(CC1C2CC3CC(C2)CC1C3)C1CC1. The van der Waals surface area contributed by atoms with Crippen LogP contribution in [0, 0.1) is 41.4 Å². The van der Waals surface area contributed by atoms with Gasteiger partial charge in [0.1, 0.15) is 0 Å². The number of rotatable bonds is 4. The lowest BCUT2D eigenvalue weighted by Gasteiger charge is -2.55. The van der Waals surface area contributed by atoms with Gasteiger partial charge in [-0.2, -0.15) is 0 Å². The Morgan fingerprint density at radius 1 is 1.00 bits per heavy atom. The van der Waals surface area contributed by atoms with Gasteiger partial charge in [-0.15, -0.1) is 0 Å². The number of hydrogen-bond donors (Lipinski definition) is 1. The normalized spacial score (nSPS) is 47.2. The molecular weight excluding hydrogens is 224 g/mol. The van der Waals surface area contributed by atoms with Gasteiger partial charge in [0.25, 0.3) is 0 Å². The maximum atomic E-state index is 11.4. The van der Waals surface area contributed by atoms with Crippen molar-refractivity contribution in [3.8, 4) is 0 Å². The first kappa shape index (κ1) is 11.3. The fraction of sp³-hybridized carbons (Fsp3) is 0.938. The molecule has 0 amide bonds. The lowest BCUT2D eigenvalue weighted by atomic mass is 9.50. The summed E-state index contributed by atoms with van der Waals surface area (Å²) in [5.74, 6) is 4.57. The van der Waals surface area contributed by atoms with E-state index in [1.807, 2.05) is 0 Å². The highest BCUT2D eigenvalue weighted by molar-refractivity contribution is 5.70. The molecule has 5 aliphatic rings. The van der Waals surface area contributed by atoms with E-state index in [1.165, 1.54) is 44.9 Å². The van der Waals surface area contributed by atoms with E-state index in [-0.39, 0.29) is 5.92 Å². The van der Waals surface area contributed by atoms with Gasteiger partial charge in [0.15, 0.2) is 0 Å². The lowest BCUT2D eigenvalue weighted by Crippen LogP contribution is -2.46. The number of hydrogen-bond acceptors (Lipinski definition) is 1. The molecular formula is C16H24O2. The average molecular weight is 248 g/mol. The van der Waals surface area contributed by atoms with E-state index in [1.54, 1.807) is 0 Å². The van der Waals surface area contributed by atoms with Crippen LogP contribution in [0.3, 0.4) is 0 Å². The van der Waals surface area contributed by atoms with E-state index < -0.39 is 5.97 Å². The summed E-state index contributed by atoms with van der Waals surface area (Å²) in [4.78, 5) is 11.4. The second-order valence-electron chi connectivity index (χ2n) is 7.61. The van der Waals surface area contributed by atoms with E-state index in [9.17, 15) is 9.90 Å². The molecule has 1 unspecified atom stereocenters. The van der Waals surface area contributed by atoms with Crippen LogP contribution in [0.5, 0.6) is 0 Å². The molecule has 5 aliphatic carbocycles. The van der Waals surface area contributed by atoms with E-state index in [2.05, 4.69) is 0 Å². The van der Waals surface area contributed by atoms with Gasteiger partial charge in [0.2, 0.25) is 0 Å². The van der Waals surface area contributed by atoms with Crippen LogP contribution in [0.2, 0.25) is 0 Å². The zero-order valence-electron chi connectivity index (χ0n) is 11.1. The third-order valence-corrected chi connectivity index (χ3v) is 6.46. The Hall–Kier alpha value is -0.530. The predicted molar refractivity (Wildman–Crippen MR) is 69.0 cm³/mol. The fourth-order valence-corrected chi connectivity index (χ4v) is 5.71. The number of carbonyl (C=O) groups is 1. The van der Waals surface area contributed by atoms with Crippen LogP contribution < -0.4 is 0 Å². The van der Waals surface area contributed by atoms with Crippen LogP contribution in [0.4, 0.5) is 0 Å². The van der Waals surface area contributed by atoms with Crippen LogP contribution in [-0.2, 0) is 4.79 Å². The first-order valence-electron chi connectivity index (χ1n) is 7.93. The Balaban J connectivity index is 1.49. The molecule has 5 saturated carbocycles. The molecule has 0 aliphatic heterocycles. The third kappa shape index (κ3) is 1.80. The third-order valence-electron chi connectivity index (χ3n) is 6.46. The minimum absolute atomic E-state index is 0.00692. The Bertz CT molecular complexity index is 330. The largest absolute Gasteiger partial charge is 0.481 e. The number of aliphatic carboxylic acids is 1. The van der Waals surface area contributed by atoms with Crippen molar-refractivity contribution < 1.29 is 9.90 Å². The average Bonchev–Trinajstić information content (AvgIpc) is 3.10. The van der Waals surface area contributed by atoms with Crippen molar-refractivity contribution in [2.45, 2.75) is 51.4 Å². The van der Waals surface area contributed by atoms with Crippen LogP contribution in [0.25, 0.3) is 0 Å². The molecule has 0 aromatic carbocycles. The van der Waals surface area contributed by atoms with Crippen LogP contribution >= 0.6 is 0 Å². The van der Waals surface area contributed by atoms with Gasteiger partial charge < -0.3 is 5.11 Å². The Morgan fingerprint density at radius 2 is 1.56 bits per heavy atom. The quantitative estimate of drug-likeness (QED) is 0.826. The summed E-state index contributed by atoms with van der Waals surface area (Å²) in [7, 11) is 0. The van der Waals surface area contributed by atoms with Crippen molar-refractivity contribution in [2.24, 2.45) is 41.4 Å². The summed E-state index contributed by atoms with van der Waals surface area (Å²) in [6.07, 6.45) is 10.5. The van der Waals surface area contributed by atoms with Crippen molar-refractivity contribution in [3.63, 3.8) is 0 Å². The van der Waals surface area contributed by atoms with Gasteiger partial charge in [-0.25, -0.2) is 0 Å². The molecule has 100 valence electrons. The summed E-state index contributed by atoms with van der Waals surface area (Å²) in [6, 6.07) is 0. The van der Waals surface area contributed by atoms with Gasteiger partial charge in [-0.3, -0.25) is 4.79 Å². The molecule has 0 aromatic heterocycles. The highest BCUT2D eigenvalue weighted by Gasteiger charge is 2.50. The molecule has 0 saturated heterocycles. The summed E-state index contributed by atoms with van der Waals surface area (Å²) in [5, 5.41) is 9.44. The maximum absolute atomic E-state index is 11.4. The van der Waals surface area contributed by atoms with E-state index in [0.29, 0.717) is 5.92 Å². The minimum atomic E-state index is -0.508. The first-order chi connectivity index (χ1) is 8.70. The zero-order valence-corrected chi connectivity index (χ0v) is 11.1. The molecule has 1 atom stereocenters. The van der Waals surface area contributed by atoms with Crippen LogP contribution in [-0.4, -0.2) is 11.1 Å². The monoisotopic (exact) mass is 248 g/mol. The zero-order chi connectivity index (χ0) is 12.3. The molecule has 0 spiro atoms. The van der Waals surface area contributed by atoms with Gasteiger partial charge in [0.05, 0.1) is 5.92 Å². The maximum Gasteiger partial charge on any atom is 0.306 e. The molecule has 0 aromatic rings. The van der Waals surface area contributed by atoms with Gasteiger partial charge in [0, 0.05) is 0 Å². The molecule has 18 heavy (non-hydrogen) atoms. The van der Waals surface area contributed by atoms with Crippen molar-refractivity contribution in [1.82, 2.24) is 0 Å². The Labute approximate surface area is 109 Å². The van der Waals surface area contributed by atoms with E-state index in [4.69, 9.17) is 0 Å². The second kappa shape index (κ2) is 3.98. The fourth-order valence-electron chi connectivity index (χ4n) is 5.71. The minimum Gasteiger partial charge on any atom is -0.481 e. The smallest absolute Gasteiger partial charge is 0.306 e. The lowest BCUT2D eigenvalue weighted by molar-refractivity contribution is -0.144. The molecule has 0 radical (unpaired) electrons. The Kier molecular flexibility index (Phi) is 2.50. The van der Waals surface area contributed by atoms with Crippen molar-refractivity contribution in [2.75, 3.05) is 0 Å². The Morgan fingerprint density at radius 3 is 2.00 bits per heavy atom. The molecule has 4 bridgehead atoms. The van der Waals surface area contributed by atoms with Crippen molar-refractivity contribution in [1.29, 1.82) is 0 Å². The van der Waals surface area contributed by atoms with E-state index >= 15 is 0 Å². The van der Waals surface area contributed by atoms with Crippen LogP contribution in [0.1, 0.15) is 51.4 Å². The highest BCUT2D eigenvalue weighted by Crippen LogP contribution is 2.58. The number of carboxylic acid groups (broad SMARTS) is 1. The molecule has 0 heterocycles. The van der Waals surface area contributed by atoms with Gasteiger partial charge in [-0.05, 0) is 86.9 Å². The number of carboxylic acids is 1. The standard InChI is InChI=1S/C16H24O2/c17-16(18)15(11-1-2-11)8-14-12-4-9-3-10(6-12)7-13(14)5-9/h9-15H,1-8H2,(H,17,18). The predicted octanol–water partition coefficient (Wildman–Crippen LogP) is 3.56. The van der Waals surface area contributed by atoms with Gasteiger partial charge >= 0.3 is 5.97 Å². The molecule has 2 heteroatoms. The van der Waals surface area contributed by atoms with E-state index in [0.717, 1.165) is 36.0 Å². The van der Waals surface area contributed by atoms with Crippen LogP contribution in [0.15, 0.2) is 0 Å². The topological polar surface area (TPSA) is 37.3 Å². The summed E-state index contributed by atoms with van der Waals surface area (Å²) >= 11 is 0. The highest BCUT2D eigenvalue weighted by atomic mass is 16.4. The second-order valence-corrected chi connectivity index (χ2v) is 7.61. The van der Waals surface area contributed by atoms with Crippen molar-refractivity contribution in [3.05, 3.63) is 0 Å². The molecule has 2 nitrogen and oxygen atoms in total.